The molecule has 0 saturated heterocycles. The molecule has 17 heavy (non-hydrogen) atoms. The highest BCUT2D eigenvalue weighted by molar-refractivity contribution is 5.77. The van der Waals surface area contributed by atoms with Crippen LogP contribution in [0.2, 0.25) is 0 Å². The molecule has 0 aliphatic rings. The van der Waals surface area contributed by atoms with Crippen LogP contribution in [0.4, 0.5) is 13.2 Å². The summed E-state index contributed by atoms with van der Waals surface area (Å²) in [7, 11) is 0. The lowest BCUT2D eigenvalue weighted by atomic mass is 10.0. The molecule has 0 rings (SSSR count). The number of halogens is 3. The average Bonchev–Trinajstić information content (AvgIpc) is 2.11. The number of hydrogen-bond donors (Lipinski definition) is 1. The van der Waals surface area contributed by atoms with Crippen LogP contribution in [0.3, 0.4) is 0 Å². The Balaban J connectivity index is 4.56. The molecule has 1 unspecified atom stereocenters. The minimum atomic E-state index is -4.37. The lowest BCUT2D eigenvalue weighted by Gasteiger charge is -2.29. The van der Waals surface area contributed by atoms with Crippen molar-refractivity contribution in [1.82, 2.24) is 4.90 Å². The molecule has 0 heterocycles. The Labute approximate surface area is 100 Å². The Hall–Kier alpha value is -0.780. The van der Waals surface area contributed by atoms with Gasteiger partial charge in [-0.05, 0) is 19.8 Å². The summed E-state index contributed by atoms with van der Waals surface area (Å²) in [6.45, 7) is 5.58. The summed E-state index contributed by atoms with van der Waals surface area (Å²) in [5.74, 6) is -0.475. The van der Waals surface area contributed by atoms with E-state index < -0.39 is 30.7 Å². The van der Waals surface area contributed by atoms with Crippen LogP contribution in [0.25, 0.3) is 0 Å². The summed E-state index contributed by atoms with van der Waals surface area (Å²) in [5, 5.41) is 0. The van der Waals surface area contributed by atoms with Crippen molar-refractivity contribution in [3.8, 4) is 0 Å². The average molecular weight is 254 g/mol. The topological polar surface area (TPSA) is 46.3 Å². The third-order valence-electron chi connectivity index (χ3n) is 2.56. The van der Waals surface area contributed by atoms with Crippen LogP contribution >= 0.6 is 0 Å². The fourth-order valence-corrected chi connectivity index (χ4v) is 1.31. The molecule has 0 radical (unpaired) electrons. The molecular weight excluding hydrogens is 233 g/mol. The molecule has 102 valence electrons. The van der Waals surface area contributed by atoms with Gasteiger partial charge in [-0.2, -0.15) is 13.2 Å². The minimum Gasteiger partial charge on any atom is -0.331 e. The van der Waals surface area contributed by atoms with Gasteiger partial charge in [0, 0.05) is 18.5 Å². The van der Waals surface area contributed by atoms with E-state index in [0.717, 1.165) is 4.90 Å². The van der Waals surface area contributed by atoms with Crippen molar-refractivity contribution < 1.29 is 18.0 Å². The third-order valence-corrected chi connectivity index (χ3v) is 2.56. The Kier molecular flexibility index (Phi) is 5.95. The van der Waals surface area contributed by atoms with Gasteiger partial charge in [0.05, 0.1) is 0 Å². The van der Waals surface area contributed by atoms with Crippen molar-refractivity contribution in [2.45, 2.75) is 52.4 Å². The van der Waals surface area contributed by atoms with Crippen molar-refractivity contribution in [3.05, 3.63) is 0 Å². The fourth-order valence-electron chi connectivity index (χ4n) is 1.31. The van der Waals surface area contributed by atoms with E-state index in [2.05, 4.69) is 0 Å². The van der Waals surface area contributed by atoms with E-state index in [0.29, 0.717) is 0 Å². The molecular formula is C11H21F3N2O. The molecule has 0 aromatic heterocycles. The predicted molar refractivity (Wildman–Crippen MR) is 60.3 cm³/mol. The molecule has 0 aromatic carbocycles. The molecule has 0 saturated carbocycles. The number of carbonyl (C=O) groups is 1. The maximum Gasteiger partial charge on any atom is 0.406 e. The van der Waals surface area contributed by atoms with E-state index in [-0.39, 0.29) is 12.3 Å². The highest BCUT2D eigenvalue weighted by atomic mass is 19.4. The largest absolute Gasteiger partial charge is 0.406 e. The number of amides is 1. The van der Waals surface area contributed by atoms with Crippen LogP contribution in [0.1, 0.15) is 34.1 Å². The van der Waals surface area contributed by atoms with Gasteiger partial charge in [0.15, 0.2) is 0 Å². The fraction of sp³-hybridized carbons (Fsp3) is 0.909. The number of rotatable bonds is 5. The highest BCUT2D eigenvalue weighted by Gasteiger charge is 2.34. The molecule has 0 aliphatic heterocycles. The zero-order chi connectivity index (χ0) is 13.8. The summed E-state index contributed by atoms with van der Waals surface area (Å²) >= 11 is 0. The summed E-state index contributed by atoms with van der Waals surface area (Å²) in [6.07, 6.45) is -4.42. The van der Waals surface area contributed by atoms with Gasteiger partial charge in [0.25, 0.3) is 0 Å². The van der Waals surface area contributed by atoms with Crippen LogP contribution in [-0.2, 0) is 4.79 Å². The van der Waals surface area contributed by atoms with E-state index in [1.54, 1.807) is 13.8 Å². The minimum absolute atomic E-state index is 0.0497. The maximum atomic E-state index is 12.3. The third kappa shape index (κ3) is 6.51. The highest BCUT2D eigenvalue weighted by Crippen LogP contribution is 2.19. The van der Waals surface area contributed by atoms with Crippen molar-refractivity contribution in [3.63, 3.8) is 0 Å². The van der Waals surface area contributed by atoms with Gasteiger partial charge < -0.3 is 10.6 Å². The zero-order valence-electron chi connectivity index (χ0n) is 10.7. The zero-order valence-corrected chi connectivity index (χ0v) is 10.7. The summed E-state index contributed by atoms with van der Waals surface area (Å²) in [4.78, 5) is 12.5. The lowest BCUT2D eigenvalue weighted by Crippen LogP contribution is -2.45. The molecule has 6 heteroatoms. The standard InChI is InChI=1S/C11H21F3N2O/c1-7(2)9(15)5-10(17)16(8(3)4)6-11(12,13)14/h7-9H,5-6,15H2,1-4H3. The summed E-state index contributed by atoms with van der Waals surface area (Å²) in [5.41, 5.74) is 5.69. The first kappa shape index (κ1) is 16.2. The van der Waals surface area contributed by atoms with Gasteiger partial charge in [-0.3, -0.25) is 4.79 Å². The van der Waals surface area contributed by atoms with Crippen molar-refractivity contribution in [1.29, 1.82) is 0 Å². The van der Waals surface area contributed by atoms with Gasteiger partial charge in [-0.15, -0.1) is 0 Å². The maximum absolute atomic E-state index is 12.3. The predicted octanol–water partition coefficient (Wildman–Crippen LogP) is 2.16. The van der Waals surface area contributed by atoms with Crippen molar-refractivity contribution in [2.24, 2.45) is 11.7 Å². The van der Waals surface area contributed by atoms with E-state index in [1.807, 2.05) is 13.8 Å². The molecule has 0 bridgehead atoms. The normalized spacial score (nSPS) is 14.2. The number of hydrogen-bond acceptors (Lipinski definition) is 2. The van der Waals surface area contributed by atoms with Crippen molar-refractivity contribution in [2.75, 3.05) is 6.54 Å². The summed E-state index contributed by atoms with van der Waals surface area (Å²) < 4.78 is 36.9. The quantitative estimate of drug-likeness (QED) is 0.817. The molecule has 0 spiro atoms. The Morgan fingerprint density at radius 3 is 2.00 bits per heavy atom. The number of carbonyl (C=O) groups excluding carboxylic acids is 1. The van der Waals surface area contributed by atoms with Gasteiger partial charge in [0.2, 0.25) is 5.91 Å². The molecule has 0 fully saturated rings. The molecule has 0 aliphatic carbocycles. The van der Waals surface area contributed by atoms with Gasteiger partial charge in [0.1, 0.15) is 6.54 Å². The van der Waals surface area contributed by atoms with E-state index in [9.17, 15) is 18.0 Å². The number of alkyl halides is 3. The van der Waals surface area contributed by atoms with E-state index in [4.69, 9.17) is 5.73 Å². The van der Waals surface area contributed by atoms with Crippen LogP contribution < -0.4 is 5.73 Å². The Morgan fingerprint density at radius 2 is 1.71 bits per heavy atom. The van der Waals surface area contributed by atoms with Crippen LogP contribution in [0.15, 0.2) is 0 Å². The van der Waals surface area contributed by atoms with Crippen LogP contribution in [-0.4, -0.2) is 35.6 Å². The van der Waals surface area contributed by atoms with Gasteiger partial charge in [-0.1, -0.05) is 13.8 Å². The molecule has 1 atom stereocenters. The lowest BCUT2D eigenvalue weighted by molar-refractivity contribution is -0.164. The van der Waals surface area contributed by atoms with E-state index >= 15 is 0 Å². The van der Waals surface area contributed by atoms with E-state index in [1.165, 1.54) is 0 Å². The number of nitrogens with two attached hydrogens (primary N) is 1. The molecule has 2 N–H and O–H groups in total. The summed E-state index contributed by atoms with van der Waals surface area (Å²) in [6, 6.07) is -0.888. The molecule has 0 aromatic rings. The van der Waals surface area contributed by atoms with Gasteiger partial charge >= 0.3 is 6.18 Å². The van der Waals surface area contributed by atoms with Crippen molar-refractivity contribution >= 4 is 5.91 Å². The number of nitrogens with zero attached hydrogens (tertiary/aromatic N) is 1. The second-order valence-electron chi connectivity index (χ2n) is 4.84. The second kappa shape index (κ2) is 6.23. The first-order chi connectivity index (χ1) is 7.54. The Morgan fingerprint density at radius 1 is 1.24 bits per heavy atom. The molecule has 1 amide bonds. The first-order valence-electron chi connectivity index (χ1n) is 5.66. The molecule has 3 nitrogen and oxygen atoms in total. The van der Waals surface area contributed by atoms with Gasteiger partial charge in [-0.25, -0.2) is 0 Å². The monoisotopic (exact) mass is 254 g/mol. The smallest absolute Gasteiger partial charge is 0.331 e. The first-order valence-corrected chi connectivity index (χ1v) is 5.66. The van der Waals surface area contributed by atoms with Crippen LogP contribution in [0, 0.1) is 5.92 Å². The SMILES string of the molecule is CC(C)C(N)CC(=O)N(CC(F)(F)F)C(C)C. The van der Waals surface area contributed by atoms with Crippen LogP contribution in [0.5, 0.6) is 0 Å². The Bertz CT molecular complexity index is 252. The second-order valence-corrected chi connectivity index (χ2v) is 4.84.